The van der Waals surface area contributed by atoms with Gasteiger partial charge in [0.05, 0.1) is 0 Å². The topological polar surface area (TPSA) is 52.4 Å². The van der Waals surface area contributed by atoms with Gasteiger partial charge in [0.2, 0.25) is 0 Å². The van der Waals surface area contributed by atoms with Crippen molar-refractivity contribution in [3.63, 3.8) is 0 Å². The molecule has 0 saturated heterocycles. The minimum atomic E-state index is -0.667. The van der Waals surface area contributed by atoms with Crippen LogP contribution in [0, 0.1) is 22.0 Å². The molecule has 0 spiro atoms. The predicted octanol–water partition coefficient (Wildman–Crippen LogP) is 2.02. The van der Waals surface area contributed by atoms with E-state index in [9.17, 15) is 10.1 Å². The van der Waals surface area contributed by atoms with Gasteiger partial charge in [0.1, 0.15) is 6.10 Å². The zero-order valence-corrected chi connectivity index (χ0v) is 7.53. The molecule has 1 fully saturated rings. The summed E-state index contributed by atoms with van der Waals surface area (Å²) in [6.07, 6.45) is 2.85. The van der Waals surface area contributed by atoms with E-state index < -0.39 is 5.09 Å². The summed E-state index contributed by atoms with van der Waals surface area (Å²) in [5.41, 5.74) is 0. The maximum atomic E-state index is 10.1. The molecule has 0 bridgehead atoms. The Bertz CT molecular complexity index is 172. The predicted molar refractivity (Wildman–Crippen MR) is 44.0 cm³/mol. The second kappa shape index (κ2) is 3.74. The molecule has 0 heterocycles. The highest BCUT2D eigenvalue weighted by molar-refractivity contribution is 4.75. The lowest BCUT2D eigenvalue weighted by Crippen LogP contribution is -2.31. The molecule has 0 aliphatic heterocycles. The third kappa shape index (κ3) is 2.36. The molecule has 1 aliphatic rings. The minimum absolute atomic E-state index is 0.177. The SMILES string of the molecule is CC1CCC(C)C(O[N+](=O)[O-])C1. The average Bonchev–Trinajstić information content (AvgIpc) is 1.96. The summed E-state index contributed by atoms with van der Waals surface area (Å²) in [6.45, 7) is 4.13. The van der Waals surface area contributed by atoms with Gasteiger partial charge >= 0.3 is 0 Å². The zero-order chi connectivity index (χ0) is 9.14. The molecule has 0 aromatic heterocycles. The van der Waals surface area contributed by atoms with Crippen LogP contribution in [0.3, 0.4) is 0 Å². The lowest BCUT2D eigenvalue weighted by Gasteiger charge is -2.30. The maximum Gasteiger partial charge on any atom is 0.294 e. The molecule has 1 saturated carbocycles. The van der Waals surface area contributed by atoms with E-state index in [1.807, 2.05) is 6.92 Å². The van der Waals surface area contributed by atoms with Gasteiger partial charge in [-0.1, -0.05) is 20.3 Å². The molecular weight excluding hydrogens is 158 g/mol. The van der Waals surface area contributed by atoms with Crippen LogP contribution < -0.4 is 0 Å². The fourth-order valence-corrected chi connectivity index (χ4v) is 1.74. The lowest BCUT2D eigenvalue weighted by atomic mass is 9.82. The molecule has 3 unspecified atom stereocenters. The van der Waals surface area contributed by atoms with Crippen LogP contribution in [0.2, 0.25) is 0 Å². The molecule has 1 rings (SSSR count). The molecule has 0 N–H and O–H groups in total. The van der Waals surface area contributed by atoms with Gasteiger partial charge in [-0.15, -0.1) is 10.1 Å². The molecule has 4 nitrogen and oxygen atoms in total. The van der Waals surface area contributed by atoms with Crippen LogP contribution in [-0.2, 0) is 4.84 Å². The fraction of sp³-hybridized carbons (Fsp3) is 1.00. The first-order valence-electron chi connectivity index (χ1n) is 4.40. The van der Waals surface area contributed by atoms with Crippen LogP contribution in [0.15, 0.2) is 0 Å². The van der Waals surface area contributed by atoms with Crippen molar-refractivity contribution in [1.82, 2.24) is 0 Å². The smallest absolute Gasteiger partial charge is 0.294 e. The first-order valence-corrected chi connectivity index (χ1v) is 4.40. The average molecular weight is 173 g/mol. The van der Waals surface area contributed by atoms with Crippen LogP contribution in [0.5, 0.6) is 0 Å². The third-order valence-electron chi connectivity index (χ3n) is 2.61. The molecule has 0 amide bonds. The molecule has 0 aromatic carbocycles. The van der Waals surface area contributed by atoms with Gasteiger partial charge in [-0.25, -0.2) is 0 Å². The highest BCUT2D eigenvalue weighted by atomic mass is 17.0. The minimum Gasteiger partial charge on any atom is -0.310 e. The molecule has 12 heavy (non-hydrogen) atoms. The van der Waals surface area contributed by atoms with Crippen molar-refractivity contribution in [3.8, 4) is 0 Å². The normalized spacial score (nSPS) is 36.0. The highest BCUT2D eigenvalue weighted by Crippen LogP contribution is 2.30. The van der Waals surface area contributed by atoms with Crippen LogP contribution in [-0.4, -0.2) is 11.2 Å². The summed E-state index contributed by atoms with van der Waals surface area (Å²) in [5, 5.41) is 9.44. The lowest BCUT2D eigenvalue weighted by molar-refractivity contribution is -0.771. The van der Waals surface area contributed by atoms with Gasteiger partial charge in [0.15, 0.2) is 0 Å². The standard InChI is InChI=1S/C8H15NO3/c1-6-3-4-7(2)8(5-6)12-9(10)11/h6-8H,3-5H2,1-2H3. The summed E-state index contributed by atoms with van der Waals surface area (Å²) in [7, 11) is 0. The number of nitrogens with zero attached hydrogens (tertiary/aromatic N) is 1. The van der Waals surface area contributed by atoms with Crippen molar-refractivity contribution < 1.29 is 9.92 Å². The molecular formula is C8H15NO3. The second-order valence-corrected chi connectivity index (χ2v) is 3.76. The largest absolute Gasteiger partial charge is 0.310 e. The Balaban J connectivity index is 2.43. The Labute approximate surface area is 72.0 Å². The van der Waals surface area contributed by atoms with Crippen molar-refractivity contribution in [2.24, 2.45) is 11.8 Å². The summed E-state index contributed by atoms with van der Waals surface area (Å²) in [4.78, 5) is 14.7. The Hall–Kier alpha value is -0.800. The van der Waals surface area contributed by atoms with Gasteiger partial charge in [-0.2, -0.15) is 0 Å². The molecule has 3 atom stereocenters. The molecule has 1 aliphatic carbocycles. The summed E-state index contributed by atoms with van der Waals surface area (Å²) < 4.78 is 0. The van der Waals surface area contributed by atoms with Gasteiger partial charge in [-0.3, -0.25) is 0 Å². The van der Waals surface area contributed by atoms with Crippen molar-refractivity contribution >= 4 is 0 Å². The van der Waals surface area contributed by atoms with E-state index in [4.69, 9.17) is 0 Å². The van der Waals surface area contributed by atoms with Crippen molar-refractivity contribution in [2.45, 2.75) is 39.2 Å². The van der Waals surface area contributed by atoms with E-state index in [1.165, 1.54) is 6.42 Å². The van der Waals surface area contributed by atoms with E-state index in [0.717, 1.165) is 12.8 Å². The highest BCUT2D eigenvalue weighted by Gasteiger charge is 2.27. The Kier molecular flexibility index (Phi) is 2.89. The van der Waals surface area contributed by atoms with Crippen LogP contribution in [0.4, 0.5) is 0 Å². The van der Waals surface area contributed by atoms with Gasteiger partial charge in [0.25, 0.3) is 5.09 Å². The van der Waals surface area contributed by atoms with Crippen LogP contribution in [0.1, 0.15) is 33.1 Å². The number of hydrogen-bond acceptors (Lipinski definition) is 3. The summed E-state index contributed by atoms with van der Waals surface area (Å²) in [6, 6.07) is 0. The molecule has 70 valence electrons. The van der Waals surface area contributed by atoms with Crippen molar-refractivity contribution in [3.05, 3.63) is 10.1 Å². The zero-order valence-electron chi connectivity index (χ0n) is 7.53. The first kappa shape index (κ1) is 9.29. The van der Waals surface area contributed by atoms with E-state index >= 15 is 0 Å². The summed E-state index contributed by atoms with van der Waals surface area (Å²) >= 11 is 0. The van der Waals surface area contributed by atoms with Crippen molar-refractivity contribution in [2.75, 3.05) is 0 Å². The van der Waals surface area contributed by atoms with E-state index in [2.05, 4.69) is 11.8 Å². The maximum absolute atomic E-state index is 10.1. The number of rotatable bonds is 2. The van der Waals surface area contributed by atoms with Crippen LogP contribution >= 0.6 is 0 Å². The molecule has 0 radical (unpaired) electrons. The Morgan fingerprint density at radius 2 is 2.08 bits per heavy atom. The van der Waals surface area contributed by atoms with E-state index in [0.29, 0.717) is 11.8 Å². The quantitative estimate of drug-likeness (QED) is 0.474. The van der Waals surface area contributed by atoms with Gasteiger partial charge in [0, 0.05) is 0 Å². The summed E-state index contributed by atoms with van der Waals surface area (Å²) in [5.74, 6) is 0.887. The molecule has 4 heteroatoms. The third-order valence-corrected chi connectivity index (χ3v) is 2.61. The van der Waals surface area contributed by atoms with Gasteiger partial charge < -0.3 is 4.84 Å². The number of hydrogen-bond donors (Lipinski definition) is 0. The first-order chi connectivity index (χ1) is 5.59. The van der Waals surface area contributed by atoms with Crippen LogP contribution in [0.25, 0.3) is 0 Å². The fourth-order valence-electron chi connectivity index (χ4n) is 1.74. The van der Waals surface area contributed by atoms with E-state index in [1.54, 1.807) is 0 Å². The monoisotopic (exact) mass is 173 g/mol. The van der Waals surface area contributed by atoms with Crippen molar-refractivity contribution in [1.29, 1.82) is 0 Å². The Morgan fingerprint density at radius 3 is 2.67 bits per heavy atom. The molecule has 0 aromatic rings. The van der Waals surface area contributed by atoms with Gasteiger partial charge in [-0.05, 0) is 24.7 Å². The second-order valence-electron chi connectivity index (χ2n) is 3.76. The van der Waals surface area contributed by atoms with E-state index in [-0.39, 0.29) is 6.10 Å². The Morgan fingerprint density at radius 1 is 1.42 bits per heavy atom.